The molecule has 1 amide bonds. The Kier molecular flexibility index (Phi) is 6.26. The van der Waals surface area contributed by atoms with Crippen molar-refractivity contribution in [3.05, 3.63) is 41.3 Å². The first-order valence-corrected chi connectivity index (χ1v) is 14.0. The molecule has 6 nitrogen and oxygen atoms in total. The number of benzene rings is 1. The molecule has 1 saturated carbocycles. The van der Waals surface area contributed by atoms with Crippen LogP contribution in [0.15, 0.2) is 30.6 Å². The number of fused-ring (bicyclic) bond motifs is 2. The highest BCUT2D eigenvalue weighted by Crippen LogP contribution is 2.48. The van der Waals surface area contributed by atoms with Crippen molar-refractivity contribution in [2.24, 2.45) is 5.92 Å². The summed E-state index contributed by atoms with van der Waals surface area (Å²) in [6.45, 7) is 9.42. The van der Waals surface area contributed by atoms with E-state index < -0.39 is 17.8 Å². The third kappa shape index (κ3) is 4.02. The zero-order valence-corrected chi connectivity index (χ0v) is 23.1. The molecule has 1 aliphatic carbocycles. The van der Waals surface area contributed by atoms with Crippen molar-refractivity contribution >= 4 is 34.2 Å². The van der Waals surface area contributed by atoms with Crippen LogP contribution in [0.4, 0.5) is 14.5 Å². The standard InChI is InChI=1S/C29H34ClF2N5O/c1-16(2)36-15-33-23-13-22(34-26(30)25(23)36)17-7-8-21-24(10-17)37(28(38)29(21,3)4)20-11-19(12-20)35-9-5-6-18(14-35)27(31)32/h7-8,10,13,15-16,18-20,27H,5-6,9,11-12,14H2,1-4H3. The molecule has 0 spiro atoms. The van der Waals surface area contributed by atoms with Crippen LogP contribution in [0.5, 0.6) is 0 Å². The van der Waals surface area contributed by atoms with E-state index in [2.05, 4.69) is 23.7 Å². The van der Waals surface area contributed by atoms with Crippen LogP contribution in [-0.2, 0) is 10.2 Å². The van der Waals surface area contributed by atoms with Crippen LogP contribution in [0.2, 0.25) is 5.15 Å². The van der Waals surface area contributed by atoms with Crippen molar-refractivity contribution in [1.82, 2.24) is 19.4 Å². The van der Waals surface area contributed by atoms with Crippen LogP contribution in [0.25, 0.3) is 22.3 Å². The number of rotatable bonds is 5. The Balaban J connectivity index is 1.29. The number of amides is 1. The van der Waals surface area contributed by atoms with Gasteiger partial charge in [-0.3, -0.25) is 9.69 Å². The van der Waals surface area contributed by atoms with E-state index in [0.29, 0.717) is 23.8 Å². The van der Waals surface area contributed by atoms with Crippen molar-refractivity contribution in [2.75, 3.05) is 18.0 Å². The van der Waals surface area contributed by atoms with Crippen LogP contribution in [0.3, 0.4) is 0 Å². The van der Waals surface area contributed by atoms with Gasteiger partial charge in [0.2, 0.25) is 12.3 Å². The summed E-state index contributed by atoms with van der Waals surface area (Å²) in [6.07, 6.45) is 2.56. The lowest BCUT2D eigenvalue weighted by Crippen LogP contribution is -2.58. The van der Waals surface area contributed by atoms with Gasteiger partial charge in [-0.25, -0.2) is 18.7 Å². The number of likely N-dealkylation sites (tertiary alicyclic amines) is 1. The Morgan fingerprint density at radius 1 is 1.13 bits per heavy atom. The predicted octanol–water partition coefficient (Wildman–Crippen LogP) is 6.46. The second-order valence-corrected chi connectivity index (χ2v) is 12.3. The van der Waals surface area contributed by atoms with Crippen molar-refractivity contribution in [2.45, 2.75) is 83.3 Å². The molecular formula is C29H34ClF2N5O. The molecule has 4 heterocycles. The highest BCUT2D eigenvalue weighted by atomic mass is 35.5. The lowest BCUT2D eigenvalue weighted by Gasteiger charge is -2.49. The molecule has 9 heteroatoms. The molecule has 2 aromatic heterocycles. The number of piperidine rings is 1. The number of aromatic nitrogens is 3. The minimum Gasteiger partial charge on any atom is -0.326 e. The Morgan fingerprint density at radius 2 is 1.89 bits per heavy atom. The second kappa shape index (κ2) is 9.26. The van der Waals surface area contributed by atoms with E-state index in [0.717, 1.165) is 53.7 Å². The number of hydrogen-bond acceptors (Lipinski definition) is 4. The van der Waals surface area contributed by atoms with Gasteiger partial charge < -0.3 is 9.47 Å². The lowest BCUT2D eigenvalue weighted by atomic mass is 9.82. The van der Waals surface area contributed by atoms with E-state index in [-0.39, 0.29) is 24.0 Å². The lowest BCUT2D eigenvalue weighted by molar-refractivity contribution is -0.123. The van der Waals surface area contributed by atoms with Gasteiger partial charge >= 0.3 is 0 Å². The highest BCUT2D eigenvalue weighted by Gasteiger charge is 2.50. The van der Waals surface area contributed by atoms with Gasteiger partial charge in [0.1, 0.15) is 5.52 Å². The van der Waals surface area contributed by atoms with Gasteiger partial charge in [0, 0.05) is 41.8 Å². The fourth-order valence-corrected chi connectivity index (χ4v) is 6.79. The zero-order valence-electron chi connectivity index (χ0n) is 22.3. The summed E-state index contributed by atoms with van der Waals surface area (Å²) < 4.78 is 28.7. The molecule has 1 atom stereocenters. The van der Waals surface area contributed by atoms with Gasteiger partial charge in [0.05, 0.1) is 23.0 Å². The third-order valence-corrected chi connectivity index (χ3v) is 9.12. The molecule has 202 valence electrons. The molecule has 1 unspecified atom stereocenters. The molecular weight excluding hydrogens is 508 g/mol. The number of anilines is 1. The summed E-state index contributed by atoms with van der Waals surface area (Å²) >= 11 is 6.63. The molecule has 1 saturated heterocycles. The van der Waals surface area contributed by atoms with Crippen molar-refractivity contribution < 1.29 is 13.6 Å². The van der Waals surface area contributed by atoms with Crippen LogP contribution in [-0.4, -0.2) is 56.9 Å². The second-order valence-electron chi connectivity index (χ2n) is 12.0. The number of imidazole rings is 1. The molecule has 0 bridgehead atoms. The van der Waals surface area contributed by atoms with Gasteiger partial charge in [0.25, 0.3) is 0 Å². The SMILES string of the molecule is CC(C)n1cnc2cc(-c3ccc4c(c3)N(C3CC(N5CCCC(C(F)F)C5)C3)C(=O)C4(C)C)nc(Cl)c21. The first kappa shape index (κ1) is 25.7. The number of carbonyl (C=O) groups excluding carboxylic acids is 1. The van der Waals surface area contributed by atoms with Crippen LogP contribution in [0, 0.1) is 5.92 Å². The first-order valence-electron chi connectivity index (χ1n) is 13.6. The first-order chi connectivity index (χ1) is 18.1. The van der Waals surface area contributed by atoms with Crippen LogP contribution >= 0.6 is 11.6 Å². The molecule has 0 N–H and O–H groups in total. The molecule has 38 heavy (non-hydrogen) atoms. The van der Waals surface area contributed by atoms with Gasteiger partial charge in [-0.1, -0.05) is 23.7 Å². The smallest absolute Gasteiger partial charge is 0.242 e. The summed E-state index contributed by atoms with van der Waals surface area (Å²) in [6, 6.07) is 8.56. The zero-order chi connectivity index (χ0) is 26.9. The summed E-state index contributed by atoms with van der Waals surface area (Å²) in [5.41, 5.74) is 4.49. The Bertz CT molecular complexity index is 1400. The minimum absolute atomic E-state index is 0.0657. The van der Waals surface area contributed by atoms with Gasteiger partial charge in [-0.15, -0.1) is 0 Å². The number of alkyl halides is 2. The van der Waals surface area contributed by atoms with E-state index >= 15 is 0 Å². The fourth-order valence-electron chi connectivity index (χ4n) is 6.51. The van der Waals surface area contributed by atoms with E-state index in [4.69, 9.17) is 16.6 Å². The average molecular weight is 542 g/mol. The topological polar surface area (TPSA) is 54.3 Å². The van der Waals surface area contributed by atoms with E-state index in [1.807, 2.05) is 47.6 Å². The minimum atomic E-state index is -2.26. The predicted molar refractivity (Wildman–Crippen MR) is 146 cm³/mol. The highest BCUT2D eigenvalue weighted by molar-refractivity contribution is 6.34. The maximum atomic E-state index is 13.6. The van der Waals surface area contributed by atoms with Crippen molar-refractivity contribution in [3.8, 4) is 11.3 Å². The molecule has 1 aromatic carbocycles. The third-order valence-electron chi connectivity index (χ3n) is 8.86. The monoisotopic (exact) mass is 541 g/mol. The summed E-state index contributed by atoms with van der Waals surface area (Å²) in [5.74, 6) is -0.448. The van der Waals surface area contributed by atoms with E-state index in [1.165, 1.54) is 0 Å². The molecule has 0 radical (unpaired) electrons. The largest absolute Gasteiger partial charge is 0.326 e. The maximum absolute atomic E-state index is 13.6. The molecule has 3 aliphatic rings. The fraction of sp³-hybridized carbons (Fsp3) is 0.552. The number of carbonyl (C=O) groups is 1. The molecule has 3 aromatic rings. The van der Waals surface area contributed by atoms with Gasteiger partial charge in [-0.2, -0.15) is 0 Å². The summed E-state index contributed by atoms with van der Waals surface area (Å²) in [4.78, 5) is 27.1. The normalized spacial score (nSPS) is 25.4. The van der Waals surface area contributed by atoms with Crippen LogP contribution in [0.1, 0.15) is 65.0 Å². The maximum Gasteiger partial charge on any atom is 0.242 e. The van der Waals surface area contributed by atoms with Crippen molar-refractivity contribution in [3.63, 3.8) is 0 Å². The van der Waals surface area contributed by atoms with Crippen LogP contribution < -0.4 is 4.90 Å². The van der Waals surface area contributed by atoms with Gasteiger partial charge in [0.15, 0.2) is 5.15 Å². The summed E-state index contributed by atoms with van der Waals surface area (Å²) in [7, 11) is 0. The van der Waals surface area contributed by atoms with E-state index in [9.17, 15) is 13.6 Å². The Morgan fingerprint density at radius 3 is 2.61 bits per heavy atom. The molecule has 6 rings (SSSR count). The molecule has 2 aliphatic heterocycles. The number of pyridine rings is 1. The average Bonchev–Trinajstić information content (AvgIpc) is 3.37. The number of halogens is 3. The van der Waals surface area contributed by atoms with E-state index in [1.54, 1.807) is 6.33 Å². The Labute approximate surface area is 227 Å². The van der Waals surface area contributed by atoms with Crippen molar-refractivity contribution in [1.29, 1.82) is 0 Å². The van der Waals surface area contributed by atoms with Gasteiger partial charge in [-0.05, 0) is 77.6 Å². The molecule has 2 fully saturated rings. The number of hydrogen-bond donors (Lipinski definition) is 0. The number of nitrogens with zero attached hydrogens (tertiary/aromatic N) is 5. The Hall–Kier alpha value is -2.58. The summed E-state index contributed by atoms with van der Waals surface area (Å²) in [5, 5.41) is 0.405. The quantitative estimate of drug-likeness (QED) is 0.348.